The van der Waals surface area contributed by atoms with E-state index in [0.29, 0.717) is 37.5 Å². The number of hydrogen-bond donors (Lipinski definition) is 0. The van der Waals surface area contributed by atoms with Crippen LogP contribution in [0, 0.1) is 0 Å². The minimum Gasteiger partial charge on any atom is -0.459 e. The molecule has 1 aliphatic rings. The third kappa shape index (κ3) is 5.62. The topological polar surface area (TPSA) is 75.8 Å². The fourth-order valence-electron chi connectivity index (χ4n) is 4.10. The molecule has 0 radical (unpaired) electrons. The molecule has 1 aliphatic heterocycles. The first-order valence-corrected chi connectivity index (χ1v) is 12.3. The highest BCUT2D eigenvalue weighted by atomic mass is 35.5. The summed E-state index contributed by atoms with van der Waals surface area (Å²) in [5.41, 5.74) is 1.16. The van der Waals surface area contributed by atoms with Crippen molar-refractivity contribution in [1.29, 1.82) is 0 Å². The van der Waals surface area contributed by atoms with Crippen LogP contribution >= 0.6 is 11.6 Å². The average Bonchev–Trinajstić information content (AvgIpc) is 3.32. The number of ether oxygens (including phenoxy) is 4. The standard InChI is InChI=1S/C24H37ClN2O5/c1-5-8-11-28-15-18-22(29-12-9-6-2)24(4,31-13-10-7-3)21(32-18)17-14-30-20-19(17)26-16-27-23(20)25/h14,16,18,21-22H,5-13,15H2,1-4H3/t18-,21+,22-,24+/m1/s1. The number of furan rings is 1. The highest BCUT2D eigenvalue weighted by Crippen LogP contribution is 2.48. The van der Waals surface area contributed by atoms with E-state index >= 15 is 0 Å². The summed E-state index contributed by atoms with van der Waals surface area (Å²) in [6.07, 6.45) is 8.27. The van der Waals surface area contributed by atoms with E-state index in [2.05, 4.69) is 37.7 Å². The van der Waals surface area contributed by atoms with E-state index in [9.17, 15) is 0 Å². The Morgan fingerprint density at radius 1 is 1.03 bits per heavy atom. The minimum absolute atomic E-state index is 0.261. The lowest BCUT2D eigenvalue weighted by Crippen LogP contribution is -2.48. The molecule has 0 aliphatic carbocycles. The van der Waals surface area contributed by atoms with Crippen molar-refractivity contribution < 1.29 is 23.4 Å². The van der Waals surface area contributed by atoms with Crippen LogP contribution in [0.25, 0.3) is 11.1 Å². The maximum atomic E-state index is 6.59. The zero-order chi connectivity index (χ0) is 23.0. The van der Waals surface area contributed by atoms with Gasteiger partial charge in [0.2, 0.25) is 0 Å². The number of halogens is 1. The monoisotopic (exact) mass is 468 g/mol. The Labute approximate surface area is 196 Å². The highest BCUT2D eigenvalue weighted by molar-refractivity contribution is 6.33. The number of unbranched alkanes of at least 4 members (excludes halogenated alkanes) is 3. The van der Waals surface area contributed by atoms with Crippen LogP contribution < -0.4 is 0 Å². The molecule has 1 fully saturated rings. The molecule has 0 saturated carbocycles. The summed E-state index contributed by atoms with van der Waals surface area (Å²) in [6.45, 7) is 10.9. The Kier molecular flexibility index (Phi) is 9.74. The number of fused-ring (bicyclic) bond motifs is 1. The summed E-state index contributed by atoms with van der Waals surface area (Å²) in [5, 5.41) is 0.281. The molecule has 4 atom stereocenters. The normalized spacial score (nSPS) is 25.7. The lowest BCUT2D eigenvalue weighted by molar-refractivity contribution is -0.137. The Hall–Kier alpha value is -1.25. The highest BCUT2D eigenvalue weighted by Gasteiger charge is 2.57. The molecule has 7 nitrogen and oxygen atoms in total. The van der Waals surface area contributed by atoms with Crippen LogP contribution in [0.15, 0.2) is 17.0 Å². The minimum atomic E-state index is -0.726. The molecule has 0 spiro atoms. The maximum Gasteiger partial charge on any atom is 0.189 e. The maximum absolute atomic E-state index is 6.59. The number of rotatable bonds is 14. The molecule has 180 valence electrons. The summed E-state index contributed by atoms with van der Waals surface area (Å²) < 4.78 is 31.2. The van der Waals surface area contributed by atoms with Gasteiger partial charge in [-0.2, -0.15) is 0 Å². The zero-order valence-corrected chi connectivity index (χ0v) is 20.5. The fourth-order valence-corrected chi connectivity index (χ4v) is 4.28. The molecule has 1 saturated heterocycles. The molecule has 0 N–H and O–H groups in total. The number of aromatic nitrogens is 2. The van der Waals surface area contributed by atoms with E-state index in [1.54, 1.807) is 6.26 Å². The molecular formula is C24H37ClN2O5. The molecule has 3 heterocycles. The van der Waals surface area contributed by atoms with Crippen LogP contribution in [0.4, 0.5) is 0 Å². The van der Waals surface area contributed by atoms with Gasteiger partial charge in [-0.3, -0.25) is 0 Å². The molecule has 0 aromatic carbocycles. The lowest BCUT2D eigenvalue weighted by Gasteiger charge is -2.35. The summed E-state index contributed by atoms with van der Waals surface area (Å²) in [6, 6.07) is 0. The van der Waals surface area contributed by atoms with E-state index in [0.717, 1.165) is 44.1 Å². The van der Waals surface area contributed by atoms with Crippen molar-refractivity contribution in [1.82, 2.24) is 9.97 Å². The van der Waals surface area contributed by atoms with Gasteiger partial charge in [0.1, 0.15) is 35.8 Å². The Morgan fingerprint density at radius 2 is 1.75 bits per heavy atom. The van der Waals surface area contributed by atoms with Gasteiger partial charge in [0.15, 0.2) is 10.7 Å². The Morgan fingerprint density at radius 3 is 2.50 bits per heavy atom. The van der Waals surface area contributed by atoms with Crippen molar-refractivity contribution in [3.63, 3.8) is 0 Å². The number of hydrogen-bond acceptors (Lipinski definition) is 7. The van der Waals surface area contributed by atoms with Gasteiger partial charge < -0.3 is 23.4 Å². The third-order valence-electron chi connectivity index (χ3n) is 5.98. The van der Waals surface area contributed by atoms with Gasteiger partial charge in [-0.15, -0.1) is 0 Å². The number of nitrogens with zero attached hydrogens (tertiary/aromatic N) is 2. The molecule has 3 rings (SSSR count). The van der Waals surface area contributed by atoms with Crippen molar-refractivity contribution in [2.45, 2.75) is 90.1 Å². The molecule has 0 bridgehead atoms. The molecular weight excluding hydrogens is 432 g/mol. The Balaban J connectivity index is 1.93. The van der Waals surface area contributed by atoms with Crippen molar-refractivity contribution in [2.24, 2.45) is 0 Å². The molecule has 2 aromatic heterocycles. The van der Waals surface area contributed by atoms with E-state index in [1.165, 1.54) is 6.33 Å². The molecule has 0 unspecified atom stereocenters. The predicted octanol–water partition coefficient (Wildman–Crippen LogP) is 5.89. The van der Waals surface area contributed by atoms with Gasteiger partial charge in [0, 0.05) is 25.4 Å². The van der Waals surface area contributed by atoms with Crippen molar-refractivity contribution in [3.05, 3.63) is 23.3 Å². The van der Waals surface area contributed by atoms with Crippen LogP contribution in [0.1, 0.15) is 77.9 Å². The first kappa shape index (κ1) is 25.4. The molecule has 0 amide bonds. The van der Waals surface area contributed by atoms with E-state index < -0.39 is 11.7 Å². The summed E-state index contributed by atoms with van der Waals surface area (Å²) >= 11 is 6.23. The second-order valence-electron chi connectivity index (χ2n) is 8.55. The van der Waals surface area contributed by atoms with Crippen molar-refractivity contribution in [2.75, 3.05) is 26.4 Å². The summed E-state index contributed by atoms with van der Waals surface area (Å²) in [5.74, 6) is 0. The van der Waals surface area contributed by atoms with Gasteiger partial charge in [-0.05, 0) is 26.2 Å². The summed E-state index contributed by atoms with van der Waals surface area (Å²) in [7, 11) is 0. The second kappa shape index (κ2) is 12.3. The SMILES string of the molecule is CCCCOC[C@H]1O[C@@H](c2coc3c(Cl)ncnc23)[C@](C)(OCCCC)[C@@H]1OCCCC. The van der Waals surface area contributed by atoms with Crippen molar-refractivity contribution >= 4 is 22.7 Å². The Bertz CT molecular complexity index is 832. The molecule has 2 aromatic rings. The second-order valence-corrected chi connectivity index (χ2v) is 8.91. The van der Waals surface area contributed by atoms with Gasteiger partial charge in [0.25, 0.3) is 0 Å². The van der Waals surface area contributed by atoms with Crippen LogP contribution in [-0.2, 0) is 18.9 Å². The van der Waals surface area contributed by atoms with E-state index in [4.69, 9.17) is 35.0 Å². The largest absolute Gasteiger partial charge is 0.459 e. The van der Waals surface area contributed by atoms with Crippen LogP contribution in [0.3, 0.4) is 0 Å². The van der Waals surface area contributed by atoms with Gasteiger partial charge in [-0.1, -0.05) is 51.6 Å². The first-order valence-electron chi connectivity index (χ1n) is 11.9. The summed E-state index contributed by atoms with van der Waals surface area (Å²) in [4.78, 5) is 8.45. The fraction of sp³-hybridized carbons (Fsp3) is 0.750. The quantitative estimate of drug-likeness (QED) is 0.252. The lowest BCUT2D eigenvalue weighted by atomic mass is 9.88. The average molecular weight is 469 g/mol. The van der Waals surface area contributed by atoms with Crippen molar-refractivity contribution in [3.8, 4) is 0 Å². The van der Waals surface area contributed by atoms with Gasteiger partial charge in [0.05, 0.1) is 12.9 Å². The van der Waals surface area contributed by atoms with Gasteiger partial charge in [-0.25, -0.2) is 9.97 Å². The smallest absolute Gasteiger partial charge is 0.189 e. The first-order chi connectivity index (χ1) is 15.6. The van der Waals surface area contributed by atoms with Crippen LogP contribution in [0.5, 0.6) is 0 Å². The molecule has 8 heteroatoms. The van der Waals surface area contributed by atoms with E-state index in [1.807, 2.05) is 0 Å². The van der Waals surface area contributed by atoms with Crippen LogP contribution in [0.2, 0.25) is 5.15 Å². The van der Waals surface area contributed by atoms with Gasteiger partial charge >= 0.3 is 0 Å². The zero-order valence-electron chi connectivity index (χ0n) is 19.8. The van der Waals surface area contributed by atoms with Crippen LogP contribution in [-0.4, -0.2) is 54.2 Å². The third-order valence-corrected chi connectivity index (χ3v) is 6.25. The van der Waals surface area contributed by atoms with E-state index in [-0.39, 0.29) is 17.4 Å². The molecule has 32 heavy (non-hydrogen) atoms. The predicted molar refractivity (Wildman–Crippen MR) is 124 cm³/mol.